The molecule has 1 aliphatic carbocycles. The van der Waals surface area contributed by atoms with Crippen LogP contribution in [-0.4, -0.2) is 6.04 Å². The predicted molar refractivity (Wildman–Crippen MR) is 81.5 cm³/mol. The van der Waals surface area contributed by atoms with E-state index in [-0.39, 0.29) is 0 Å². The van der Waals surface area contributed by atoms with E-state index in [0.717, 1.165) is 17.5 Å². The highest BCUT2D eigenvalue weighted by Crippen LogP contribution is 2.30. The van der Waals surface area contributed by atoms with Gasteiger partial charge in [-0.25, -0.2) is 0 Å². The van der Waals surface area contributed by atoms with Crippen molar-refractivity contribution >= 4 is 0 Å². The second-order valence-electron chi connectivity index (χ2n) is 6.53. The van der Waals surface area contributed by atoms with Gasteiger partial charge in [-0.3, -0.25) is 0 Å². The van der Waals surface area contributed by atoms with Crippen LogP contribution in [0.15, 0.2) is 24.4 Å². The van der Waals surface area contributed by atoms with Gasteiger partial charge in [0.2, 0.25) is 0 Å². The summed E-state index contributed by atoms with van der Waals surface area (Å²) in [5.41, 5.74) is 2.58. The summed E-state index contributed by atoms with van der Waals surface area (Å²) in [5, 5.41) is 3.48. The van der Waals surface area contributed by atoms with Crippen LogP contribution in [0.5, 0.6) is 0 Å². The maximum atomic E-state index is 4.26. The van der Waals surface area contributed by atoms with E-state index >= 15 is 0 Å². The molecular formula is C17H31N. The minimum atomic E-state index is 0.669. The van der Waals surface area contributed by atoms with Gasteiger partial charge in [0.25, 0.3) is 0 Å². The van der Waals surface area contributed by atoms with Crippen molar-refractivity contribution in [3.05, 3.63) is 24.4 Å². The SMILES string of the molecule is C=C(CCC(C)C)C[C@H]1CC[C@H](NC(=C)C)CC1. The second-order valence-corrected chi connectivity index (χ2v) is 6.53. The van der Waals surface area contributed by atoms with E-state index in [1.807, 2.05) is 0 Å². The summed E-state index contributed by atoms with van der Waals surface area (Å²) in [5.74, 6) is 1.69. The molecule has 1 nitrogen and oxygen atoms in total. The van der Waals surface area contributed by atoms with Crippen LogP contribution in [0.1, 0.15) is 65.7 Å². The smallest absolute Gasteiger partial charge is 0.0258 e. The van der Waals surface area contributed by atoms with Crippen LogP contribution in [-0.2, 0) is 0 Å². The van der Waals surface area contributed by atoms with Crippen LogP contribution in [0, 0.1) is 11.8 Å². The normalized spacial score (nSPS) is 24.0. The van der Waals surface area contributed by atoms with E-state index in [1.165, 1.54) is 50.5 Å². The van der Waals surface area contributed by atoms with Crippen molar-refractivity contribution < 1.29 is 0 Å². The Balaban J connectivity index is 2.18. The molecular weight excluding hydrogens is 218 g/mol. The monoisotopic (exact) mass is 249 g/mol. The molecule has 0 spiro atoms. The zero-order chi connectivity index (χ0) is 13.5. The summed E-state index contributed by atoms with van der Waals surface area (Å²) in [6, 6.07) is 0.669. The molecule has 0 unspecified atom stereocenters. The number of hydrogen-bond acceptors (Lipinski definition) is 1. The summed E-state index contributed by atoms with van der Waals surface area (Å²) < 4.78 is 0. The van der Waals surface area contributed by atoms with Gasteiger partial charge in [0.05, 0.1) is 0 Å². The molecule has 1 N–H and O–H groups in total. The van der Waals surface area contributed by atoms with Crippen LogP contribution in [0.4, 0.5) is 0 Å². The van der Waals surface area contributed by atoms with Gasteiger partial charge < -0.3 is 5.32 Å². The van der Waals surface area contributed by atoms with Crippen LogP contribution in [0.3, 0.4) is 0 Å². The Morgan fingerprint density at radius 3 is 2.28 bits per heavy atom. The standard InChI is InChI=1S/C17H31N/c1-13(2)6-7-15(5)12-16-8-10-17(11-9-16)18-14(3)4/h13,16-18H,3,5-12H2,1-2,4H3/t16-,17-. The minimum absolute atomic E-state index is 0.669. The molecule has 0 aliphatic heterocycles. The first-order valence-corrected chi connectivity index (χ1v) is 7.56. The largest absolute Gasteiger partial charge is 0.386 e. The van der Waals surface area contributed by atoms with E-state index < -0.39 is 0 Å². The first-order chi connectivity index (χ1) is 8.47. The molecule has 1 heteroatoms. The Hall–Kier alpha value is -0.720. The topological polar surface area (TPSA) is 12.0 Å². The molecule has 0 radical (unpaired) electrons. The molecule has 18 heavy (non-hydrogen) atoms. The molecule has 0 atom stereocenters. The average Bonchev–Trinajstić information content (AvgIpc) is 2.28. The molecule has 0 aromatic rings. The molecule has 0 aromatic heterocycles. The third-order valence-corrected chi connectivity index (χ3v) is 3.95. The fraction of sp³-hybridized carbons (Fsp3) is 0.765. The fourth-order valence-electron chi connectivity index (χ4n) is 2.86. The highest BCUT2D eigenvalue weighted by Gasteiger charge is 2.21. The molecule has 0 bridgehead atoms. The Morgan fingerprint density at radius 2 is 1.78 bits per heavy atom. The lowest BCUT2D eigenvalue weighted by atomic mass is 9.81. The summed E-state index contributed by atoms with van der Waals surface area (Å²) in [7, 11) is 0. The third-order valence-electron chi connectivity index (χ3n) is 3.95. The van der Waals surface area contributed by atoms with Gasteiger partial charge in [-0.2, -0.15) is 0 Å². The van der Waals surface area contributed by atoms with Gasteiger partial charge in [-0.05, 0) is 63.7 Å². The average molecular weight is 249 g/mol. The quantitative estimate of drug-likeness (QED) is 0.622. The van der Waals surface area contributed by atoms with Crippen LogP contribution < -0.4 is 5.32 Å². The number of nitrogens with one attached hydrogen (secondary N) is 1. The Kier molecular flexibility index (Phi) is 6.52. The zero-order valence-corrected chi connectivity index (χ0v) is 12.6. The van der Waals surface area contributed by atoms with E-state index in [2.05, 4.69) is 39.2 Å². The number of hydrogen-bond donors (Lipinski definition) is 1. The van der Waals surface area contributed by atoms with E-state index in [1.54, 1.807) is 0 Å². The molecule has 0 aromatic carbocycles. The summed E-state index contributed by atoms with van der Waals surface area (Å²) >= 11 is 0. The maximum Gasteiger partial charge on any atom is 0.0258 e. The Labute approximate surface area is 114 Å². The first-order valence-electron chi connectivity index (χ1n) is 7.56. The highest BCUT2D eigenvalue weighted by atomic mass is 14.9. The maximum absolute atomic E-state index is 4.26. The molecule has 1 aliphatic rings. The van der Waals surface area contributed by atoms with Gasteiger partial charge in [-0.1, -0.05) is 32.6 Å². The summed E-state index contributed by atoms with van der Waals surface area (Å²) in [6.45, 7) is 14.8. The van der Waals surface area contributed by atoms with Gasteiger partial charge in [0.15, 0.2) is 0 Å². The summed E-state index contributed by atoms with van der Waals surface area (Å²) in [4.78, 5) is 0. The van der Waals surface area contributed by atoms with Crippen molar-refractivity contribution in [2.75, 3.05) is 0 Å². The fourth-order valence-corrected chi connectivity index (χ4v) is 2.86. The van der Waals surface area contributed by atoms with Gasteiger partial charge in [0, 0.05) is 11.7 Å². The molecule has 1 fully saturated rings. The highest BCUT2D eigenvalue weighted by molar-refractivity contribution is 4.98. The van der Waals surface area contributed by atoms with E-state index in [9.17, 15) is 0 Å². The van der Waals surface area contributed by atoms with Crippen molar-refractivity contribution in [3.8, 4) is 0 Å². The van der Waals surface area contributed by atoms with Crippen LogP contribution >= 0.6 is 0 Å². The molecule has 1 saturated carbocycles. The number of rotatable bonds is 7. The Morgan fingerprint density at radius 1 is 1.17 bits per heavy atom. The molecule has 0 amide bonds. The van der Waals surface area contributed by atoms with Crippen molar-refractivity contribution in [1.82, 2.24) is 5.32 Å². The van der Waals surface area contributed by atoms with Crippen molar-refractivity contribution in [1.29, 1.82) is 0 Å². The Bertz CT molecular complexity index is 269. The molecule has 1 rings (SSSR count). The van der Waals surface area contributed by atoms with Crippen LogP contribution in [0.2, 0.25) is 0 Å². The van der Waals surface area contributed by atoms with Crippen molar-refractivity contribution in [2.24, 2.45) is 11.8 Å². The lowest BCUT2D eigenvalue weighted by Crippen LogP contribution is -2.31. The molecule has 0 saturated heterocycles. The lowest BCUT2D eigenvalue weighted by molar-refractivity contribution is 0.299. The predicted octanol–water partition coefficient (Wildman–Crippen LogP) is 5.05. The van der Waals surface area contributed by atoms with Crippen molar-refractivity contribution in [2.45, 2.75) is 71.8 Å². The van der Waals surface area contributed by atoms with Crippen LogP contribution in [0.25, 0.3) is 0 Å². The molecule has 0 heterocycles. The van der Waals surface area contributed by atoms with Gasteiger partial charge >= 0.3 is 0 Å². The van der Waals surface area contributed by atoms with Gasteiger partial charge in [-0.15, -0.1) is 0 Å². The summed E-state index contributed by atoms with van der Waals surface area (Å²) in [6.07, 6.45) is 9.08. The number of allylic oxidation sites excluding steroid dienone is 2. The van der Waals surface area contributed by atoms with Gasteiger partial charge in [0.1, 0.15) is 0 Å². The van der Waals surface area contributed by atoms with Crippen molar-refractivity contribution in [3.63, 3.8) is 0 Å². The van der Waals surface area contributed by atoms with E-state index in [0.29, 0.717) is 6.04 Å². The molecule has 104 valence electrons. The third kappa shape index (κ3) is 6.28. The zero-order valence-electron chi connectivity index (χ0n) is 12.6. The second kappa shape index (κ2) is 7.66. The lowest BCUT2D eigenvalue weighted by Gasteiger charge is -2.30. The first kappa shape index (κ1) is 15.3. The van der Waals surface area contributed by atoms with E-state index in [4.69, 9.17) is 0 Å². The minimum Gasteiger partial charge on any atom is -0.386 e.